The van der Waals surface area contributed by atoms with Crippen LogP contribution in [-0.4, -0.2) is 55.8 Å². The van der Waals surface area contributed by atoms with Gasteiger partial charge in [0.05, 0.1) is 26.9 Å². The first-order valence-corrected chi connectivity index (χ1v) is 10.7. The number of nitrogens with two attached hydrogens (primary N) is 1. The van der Waals surface area contributed by atoms with Crippen LogP contribution in [0.5, 0.6) is 17.2 Å². The summed E-state index contributed by atoms with van der Waals surface area (Å²) in [6.45, 7) is 5.39. The number of hydrogen-bond donors (Lipinski definition) is 2. The number of methoxy groups -OCH3 is 3. The van der Waals surface area contributed by atoms with Crippen molar-refractivity contribution in [2.45, 2.75) is 32.7 Å². The summed E-state index contributed by atoms with van der Waals surface area (Å²) in [4.78, 5) is 11.7. The van der Waals surface area contributed by atoms with Crippen LogP contribution >= 0.6 is 0 Å². The van der Waals surface area contributed by atoms with Crippen LogP contribution in [-0.2, 0) is 13.0 Å². The summed E-state index contributed by atoms with van der Waals surface area (Å²) in [6.07, 6.45) is 3.03. The molecule has 2 aliphatic heterocycles. The molecule has 0 unspecified atom stereocenters. The van der Waals surface area contributed by atoms with Crippen LogP contribution in [0.2, 0.25) is 0 Å². The molecule has 0 aliphatic carbocycles. The number of nitrogens with zero attached hydrogens (tertiary/aromatic N) is 3. The Balaban J connectivity index is 1.55. The third-order valence-electron chi connectivity index (χ3n) is 5.86. The molecule has 31 heavy (non-hydrogen) atoms. The normalized spacial score (nSPS) is 15.4. The van der Waals surface area contributed by atoms with Crippen molar-refractivity contribution >= 4 is 17.2 Å². The van der Waals surface area contributed by atoms with E-state index in [-0.39, 0.29) is 0 Å². The van der Waals surface area contributed by atoms with Gasteiger partial charge in [0.25, 0.3) is 0 Å². The highest BCUT2D eigenvalue weighted by molar-refractivity contribution is 5.87. The first-order chi connectivity index (χ1) is 15.1. The third-order valence-corrected chi connectivity index (χ3v) is 5.86. The zero-order valence-corrected chi connectivity index (χ0v) is 18.7. The van der Waals surface area contributed by atoms with E-state index in [4.69, 9.17) is 24.9 Å². The molecule has 0 saturated heterocycles. The molecular formula is C23H31N5O3. The first-order valence-electron chi connectivity index (χ1n) is 10.7. The number of nitrogens with one attached hydrogen (secondary N) is 1. The molecule has 1 aromatic heterocycles. The van der Waals surface area contributed by atoms with E-state index in [1.807, 2.05) is 12.1 Å². The van der Waals surface area contributed by atoms with Crippen LogP contribution in [0.15, 0.2) is 17.7 Å². The molecule has 8 nitrogen and oxygen atoms in total. The standard InChI is InChI=1S/C23H31N5O3/c1-5-6-7-19-26-22(24)20-16-13-28(12-15(16)10-25-23(20)27-19)11-14-8-17(29-2)21(31-4)18(9-14)30-3/h8-9H,5-7,10-13H2,1-4H3,(H3,24,25,26,27). The van der Waals surface area contributed by atoms with Gasteiger partial charge in [0.15, 0.2) is 11.5 Å². The summed E-state index contributed by atoms with van der Waals surface area (Å²) < 4.78 is 16.4. The minimum atomic E-state index is 0.574. The highest BCUT2D eigenvalue weighted by Crippen LogP contribution is 2.40. The number of aromatic nitrogens is 2. The summed E-state index contributed by atoms with van der Waals surface area (Å²) >= 11 is 0. The molecule has 0 fully saturated rings. The molecule has 2 aliphatic rings. The maximum Gasteiger partial charge on any atom is 0.203 e. The average molecular weight is 426 g/mol. The van der Waals surface area contributed by atoms with Gasteiger partial charge >= 0.3 is 0 Å². The zero-order chi connectivity index (χ0) is 22.0. The second kappa shape index (κ2) is 9.01. The molecule has 0 spiro atoms. The molecule has 2 aromatic rings. The lowest BCUT2D eigenvalue weighted by Gasteiger charge is -2.21. The Hall–Kier alpha value is -3.00. The highest BCUT2D eigenvalue weighted by atomic mass is 16.5. The molecule has 0 saturated carbocycles. The highest BCUT2D eigenvalue weighted by Gasteiger charge is 2.31. The summed E-state index contributed by atoms with van der Waals surface area (Å²) in [6, 6.07) is 4.00. The van der Waals surface area contributed by atoms with E-state index in [0.29, 0.717) is 23.1 Å². The van der Waals surface area contributed by atoms with Gasteiger partial charge in [-0.3, -0.25) is 4.90 Å². The van der Waals surface area contributed by atoms with Crippen molar-refractivity contribution in [3.05, 3.63) is 34.7 Å². The van der Waals surface area contributed by atoms with Crippen LogP contribution in [0.1, 0.15) is 36.7 Å². The van der Waals surface area contributed by atoms with Gasteiger partial charge in [-0.2, -0.15) is 0 Å². The number of nitrogen functional groups attached to an aromatic ring is 1. The smallest absolute Gasteiger partial charge is 0.203 e. The van der Waals surface area contributed by atoms with Gasteiger partial charge in [0.1, 0.15) is 17.5 Å². The molecule has 4 rings (SSSR count). The van der Waals surface area contributed by atoms with Crippen molar-refractivity contribution in [1.29, 1.82) is 0 Å². The fourth-order valence-electron chi connectivity index (χ4n) is 4.36. The minimum absolute atomic E-state index is 0.574. The van der Waals surface area contributed by atoms with E-state index in [1.54, 1.807) is 21.3 Å². The number of benzene rings is 1. The van der Waals surface area contributed by atoms with Crippen LogP contribution in [0.4, 0.5) is 11.6 Å². The van der Waals surface area contributed by atoms with Crippen molar-refractivity contribution in [2.75, 3.05) is 52.0 Å². The maximum atomic E-state index is 6.38. The Bertz CT molecular complexity index is 980. The molecule has 1 aromatic carbocycles. The lowest BCUT2D eigenvalue weighted by Crippen LogP contribution is -2.21. The fourth-order valence-corrected chi connectivity index (χ4v) is 4.36. The molecule has 0 radical (unpaired) electrons. The molecule has 3 N–H and O–H groups in total. The van der Waals surface area contributed by atoms with Crippen LogP contribution in [0.3, 0.4) is 0 Å². The number of hydrogen-bond acceptors (Lipinski definition) is 8. The molecule has 8 heteroatoms. The SMILES string of the molecule is CCCCc1nc(N)c2c(n1)NCC1=C2CN(Cc2cc(OC)c(OC)c(OC)c2)C1. The number of fused-ring (bicyclic) bond motifs is 2. The molecular weight excluding hydrogens is 394 g/mol. The maximum absolute atomic E-state index is 6.38. The quantitative estimate of drug-likeness (QED) is 0.666. The monoisotopic (exact) mass is 425 g/mol. The van der Waals surface area contributed by atoms with Gasteiger partial charge in [-0.25, -0.2) is 9.97 Å². The average Bonchev–Trinajstić information content (AvgIpc) is 3.18. The zero-order valence-electron chi connectivity index (χ0n) is 18.7. The van der Waals surface area contributed by atoms with Gasteiger partial charge in [0.2, 0.25) is 5.75 Å². The van der Waals surface area contributed by atoms with E-state index >= 15 is 0 Å². The minimum Gasteiger partial charge on any atom is -0.493 e. The van der Waals surface area contributed by atoms with Crippen LogP contribution in [0, 0.1) is 0 Å². The van der Waals surface area contributed by atoms with Crippen molar-refractivity contribution in [3.63, 3.8) is 0 Å². The van der Waals surface area contributed by atoms with Crippen molar-refractivity contribution in [2.24, 2.45) is 0 Å². The van der Waals surface area contributed by atoms with E-state index in [2.05, 4.69) is 22.1 Å². The number of ether oxygens (including phenoxy) is 3. The summed E-state index contributed by atoms with van der Waals surface area (Å²) in [7, 11) is 4.89. The van der Waals surface area contributed by atoms with Crippen molar-refractivity contribution in [1.82, 2.24) is 14.9 Å². The van der Waals surface area contributed by atoms with E-state index in [9.17, 15) is 0 Å². The van der Waals surface area contributed by atoms with Crippen molar-refractivity contribution in [3.8, 4) is 17.2 Å². The Kier molecular flexibility index (Phi) is 6.18. The number of aryl methyl sites for hydroxylation is 1. The summed E-state index contributed by atoms with van der Waals surface area (Å²) in [5.74, 6) is 4.20. The number of rotatable bonds is 8. The topological polar surface area (TPSA) is 94.8 Å². The Morgan fingerprint density at radius 2 is 1.81 bits per heavy atom. The predicted molar refractivity (Wildman–Crippen MR) is 122 cm³/mol. The Morgan fingerprint density at radius 1 is 1.06 bits per heavy atom. The van der Waals surface area contributed by atoms with Gasteiger partial charge in [0, 0.05) is 32.6 Å². The largest absolute Gasteiger partial charge is 0.493 e. The molecule has 166 valence electrons. The fraction of sp³-hybridized carbons (Fsp3) is 0.478. The molecule has 0 bridgehead atoms. The van der Waals surface area contributed by atoms with Crippen molar-refractivity contribution < 1.29 is 14.2 Å². The summed E-state index contributed by atoms with van der Waals surface area (Å²) in [5.41, 5.74) is 11.0. The third kappa shape index (κ3) is 4.12. The Morgan fingerprint density at radius 3 is 2.45 bits per heavy atom. The summed E-state index contributed by atoms with van der Waals surface area (Å²) in [5, 5.41) is 3.46. The Labute approximate surface area is 183 Å². The second-order valence-electron chi connectivity index (χ2n) is 7.97. The second-order valence-corrected chi connectivity index (χ2v) is 7.97. The van der Waals surface area contributed by atoms with Gasteiger partial charge in [-0.05, 0) is 35.3 Å². The number of anilines is 2. The van der Waals surface area contributed by atoms with Crippen LogP contribution in [0.25, 0.3) is 5.57 Å². The van der Waals surface area contributed by atoms with E-state index < -0.39 is 0 Å². The van der Waals surface area contributed by atoms with E-state index in [1.165, 1.54) is 11.1 Å². The number of unbranched alkanes of at least 4 members (excludes halogenated alkanes) is 1. The van der Waals surface area contributed by atoms with E-state index in [0.717, 1.165) is 68.2 Å². The molecule has 0 amide bonds. The predicted octanol–water partition coefficient (Wildman–Crippen LogP) is 3.12. The van der Waals surface area contributed by atoms with Gasteiger partial charge < -0.3 is 25.3 Å². The van der Waals surface area contributed by atoms with Gasteiger partial charge in [-0.1, -0.05) is 13.3 Å². The lowest BCUT2D eigenvalue weighted by molar-refractivity contribution is 0.317. The molecule has 0 atom stereocenters. The molecule has 3 heterocycles. The van der Waals surface area contributed by atoms with Crippen LogP contribution < -0.4 is 25.3 Å². The first kappa shape index (κ1) is 21.2. The van der Waals surface area contributed by atoms with Gasteiger partial charge in [-0.15, -0.1) is 0 Å². The lowest BCUT2D eigenvalue weighted by atomic mass is 10.00.